The van der Waals surface area contributed by atoms with Gasteiger partial charge < -0.3 is 15.0 Å². The molecule has 0 aliphatic carbocycles. The van der Waals surface area contributed by atoms with E-state index in [1.54, 1.807) is 0 Å². The Balaban J connectivity index is 1.92. The first-order chi connectivity index (χ1) is 10.7. The summed E-state index contributed by atoms with van der Waals surface area (Å²) in [5.74, 6) is 0. The lowest BCUT2D eigenvalue weighted by molar-refractivity contribution is 0.0337. The first kappa shape index (κ1) is 16.8. The van der Waals surface area contributed by atoms with Crippen LogP contribution in [0, 0.1) is 0 Å². The van der Waals surface area contributed by atoms with Crippen molar-refractivity contribution < 1.29 is 9.53 Å². The highest BCUT2D eigenvalue weighted by Gasteiger charge is 2.37. The van der Waals surface area contributed by atoms with Crippen molar-refractivity contribution in [2.45, 2.75) is 51.7 Å². The fourth-order valence-electron chi connectivity index (χ4n) is 3.00. The van der Waals surface area contributed by atoms with Crippen LogP contribution in [0.5, 0.6) is 0 Å². The second kappa shape index (κ2) is 8.18. The zero-order valence-electron chi connectivity index (χ0n) is 13.8. The van der Waals surface area contributed by atoms with Gasteiger partial charge in [-0.2, -0.15) is 0 Å². The van der Waals surface area contributed by atoms with Gasteiger partial charge in [-0.15, -0.1) is 0 Å². The van der Waals surface area contributed by atoms with Crippen LogP contribution in [0.4, 0.5) is 4.79 Å². The van der Waals surface area contributed by atoms with E-state index in [2.05, 4.69) is 19.2 Å². The first-order valence-corrected chi connectivity index (χ1v) is 8.35. The van der Waals surface area contributed by atoms with Crippen LogP contribution in [0.2, 0.25) is 0 Å². The Morgan fingerprint density at radius 2 is 2.09 bits per heavy atom. The standard InChI is InChI=1S/C18H28N2O2/c1-3-4-8-11-18(2)15-19-12-13-20(18)17(21)22-14-16-9-6-5-7-10-16/h5-7,9-10,19H,3-4,8,11-15H2,1-2H3. The molecular formula is C18H28N2O2. The van der Waals surface area contributed by atoms with E-state index in [0.717, 1.165) is 38.0 Å². The Bertz CT molecular complexity index is 463. The molecule has 2 rings (SSSR count). The summed E-state index contributed by atoms with van der Waals surface area (Å²) in [7, 11) is 0. The molecule has 122 valence electrons. The summed E-state index contributed by atoms with van der Waals surface area (Å²) in [6.07, 6.45) is 4.39. The second-order valence-electron chi connectivity index (χ2n) is 6.32. The normalized spacial score (nSPS) is 21.6. The third kappa shape index (κ3) is 4.47. The molecule has 1 heterocycles. The Kier molecular flexibility index (Phi) is 6.25. The lowest BCUT2D eigenvalue weighted by atomic mass is 9.91. The van der Waals surface area contributed by atoms with Crippen molar-refractivity contribution in [3.05, 3.63) is 35.9 Å². The number of carbonyl (C=O) groups excluding carboxylic acids is 1. The number of rotatable bonds is 6. The quantitative estimate of drug-likeness (QED) is 0.817. The van der Waals surface area contributed by atoms with E-state index in [4.69, 9.17) is 4.74 Å². The lowest BCUT2D eigenvalue weighted by Crippen LogP contribution is -2.61. The monoisotopic (exact) mass is 304 g/mol. The number of piperazine rings is 1. The number of carbonyl (C=O) groups is 1. The van der Waals surface area contributed by atoms with Gasteiger partial charge in [0, 0.05) is 19.6 Å². The Morgan fingerprint density at radius 1 is 1.32 bits per heavy atom. The molecule has 4 nitrogen and oxygen atoms in total. The van der Waals surface area contributed by atoms with Crippen molar-refractivity contribution in [1.29, 1.82) is 0 Å². The zero-order chi connectivity index (χ0) is 15.8. The molecule has 1 atom stereocenters. The Morgan fingerprint density at radius 3 is 2.82 bits per heavy atom. The van der Waals surface area contributed by atoms with Crippen LogP contribution in [-0.2, 0) is 11.3 Å². The van der Waals surface area contributed by atoms with E-state index in [1.807, 2.05) is 35.2 Å². The average Bonchev–Trinajstić information content (AvgIpc) is 2.54. The van der Waals surface area contributed by atoms with Gasteiger partial charge in [-0.1, -0.05) is 56.5 Å². The fraction of sp³-hybridized carbons (Fsp3) is 0.611. The maximum Gasteiger partial charge on any atom is 0.410 e. The van der Waals surface area contributed by atoms with E-state index in [1.165, 1.54) is 12.8 Å². The molecule has 22 heavy (non-hydrogen) atoms. The van der Waals surface area contributed by atoms with E-state index < -0.39 is 0 Å². The highest BCUT2D eigenvalue weighted by atomic mass is 16.6. The largest absolute Gasteiger partial charge is 0.445 e. The summed E-state index contributed by atoms with van der Waals surface area (Å²) >= 11 is 0. The fourth-order valence-corrected chi connectivity index (χ4v) is 3.00. The molecule has 1 aliphatic heterocycles. The van der Waals surface area contributed by atoms with Crippen LogP contribution >= 0.6 is 0 Å². The minimum Gasteiger partial charge on any atom is -0.445 e. The van der Waals surface area contributed by atoms with Crippen molar-refractivity contribution in [1.82, 2.24) is 10.2 Å². The smallest absolute Gasteiger partial charge is 0.410 e. The highest BCUT2D eigenvalue weighted by molar-refractivity contribution is 5.69. The SMILES string of the molecule is CCCCCC1(C)CNCCN1C(=O)OCc1ccccc1. The lowest BCUT2D eigenvalue weighted by Gasteiger charge is -2.44. The average molecular weight is 304 g/mol. The van der Waals surface area contributed by atoms with Gasteiger partial charge in [0.25, 0.3) is 0 Å². The number of hydrogen-bond donors (Lipinski definition) is 1. The van der Waals surface area contributed by atoms with Crippen LogP contribution in [-0.4, -0.2) is 36.2 Å². The Labute approximate surface area is 133 Å². The van der Waals surface area contributed by atoms with Gasteiger partial charge in [-0.25, -0.2) is 4.79 Å². The number of benzene rings is 1. The molecule has 0 spiro atoms. The zero-order valence-corrected chi connectivity index (χ0v) is 13.8. The second-order valence-corrected chi connectivity index (χ2v) is 6.32. The molecule has 0 saturated carbocycles. The molecule has 0 radical (unpaired) electrons. The van der Waals surface area contributed by atoms with Gasteiger partial charge in [-0.05, 0) is 18.9 Å². The third-order valence-corrected chi connectivity index (χ3v) is 4.41. The summed E-state index contributed by atoms with van der Waals surface area (Å²) < 4.78 is 5.53. The molecule has 0 aromatic heterocycles. The van der Waals surface area contributed by atoms with Crippen molar-refractivity contribution in [3.8, 4) is 0 Å². The maximum atomic E-state index is 12.5. The van der Waals surface area contributed by atoms with Gasteiger partial charge in [0.2, 0.25) is 0 Å². The molecule has 1 aliphatic rings. The van der Waals surface area contributed by atoms with Crippen LogP contribution in [0.15, 0.2) is 30.3 Å². The van der Waals surface area contributed by atoms with Crippen LogP contribution in [0.1, 0.15) is 45.1 Å². The minimum absolute atomic E-state index is 0.138. The van der Waals surface area contributed by atoms with E-state index in [-0.39, 0.29) is 11.6 Å². The van der Waals surface area contributed by atoms with E-state index in [0.29, 0.717) is 6.61 Å². The van der Waals surface area contributed by atoms with Gasteiger partial charge in [0.1, 0.15) is 6.61 Å². The topological polar surface area (TPSA) is 41.6 Å². The van der Waals surface area contributed by atoms with Crippen molar-refractivity contribution in [3.63, 3.8) is 0 Å². The molecule has 1 aromatic carbocycles. The number of nitrogens with one attached hydrogen (secondary N) is 1. The minimum atomic E-state index is -0.190. The summed E-state index contributed by atoms with van der Waals surface area (Å²) in [4.78, 5) is 14.4. The van der Waals surface area contributed by atoms with Crippen molar-refractivity contribution in [2.24, 2.45) is 0 Å². The van der Waals surface area contributed by atoms with E-state index in [9.17, 15) is 4.79 Å². The predicted octanol–water partition coefficient (Wildman–Crippen LogP) is 3.57. The van der Waals surface area contributed by atoms with Gasteiger partial charge >= 0.3 is 6.09 Å². The van der Waals surface area contributed by atoms with Crippen LogP contribution in [0.25, 0.3) is 0 Å². The molecule has 1 aromatic rings. The highest BCUT2D eigenvalue weighted by Crippen LogP contribution is 2.25. The summed E-state index contributed by atoms with van der Waals surface area (Å²) in [5, 5.41) is 3.41. The van der Waals surface area contributed by atoms with Crippen molar-refractivity contribution in [2.75, 3.05) is 19.6 Å². The van der Waals surface area contributed by atoms with Gasteiger partial charge in [-0.3, -0.25) is 0 Å². The summed E-state index contributed by atoms with van der Waals surface area (Å²) in [6, 6.07) is 9.84. The summed E-state index contributed by atoms with van der Waals surface area (Å²) in [5.41, 5.74) is 0.889. The molecule has 1 fully saturated rings. The van der Waals surface area contributed by atoms with Crippen molar-refractivity contribution >= 4 is 6.09 Å². The molecular weight excluding hydrogens is 276 g/mol. The maximum absolute atomic E-state index is 12.5. The summed E-state index contributed by atoms with van der Waals surface area (Å²) in [6.45, 7) is 7.11. The third-order valence-electron chi connectivity index (χ3n) is 4.41. The molecule has 0 bridgehead atoms. The predicted molar refractivity (Wildman–Crippen MR) is 88.7 cm³/mol. The number of ether oxygens (including phenoxy) is 1. The first-order valence-electron chi connectivity index (χ1n) is 8.35. The van der Waals surface area contributed by atoms with E-state index >= 15 is 0 Å². The number of amides is 1. The van der Waals surface area contributed by atoms with Crippen LogP contribution < -0.4 is 5.32 Å². The number of hydrogen-bond acceptors (Lipinski definition) is 3. The molecule has 1 N–H and O–H groups in total. The van der Waals surface area contributed by atoms with Gasteiger partial charge in [0.15, 0.2) is 0 Å². The van der Waals surface area contributed by atoms with Crippen LogP contribution in [0.3, 0.4) is 0 Å². The van der Waals surface area contributed by atoms with Gasteiger partial charge in [0.05, 0.1) is 5.54 Å². The Hall–Kier alpha value is -1.55. The molecule has 1 unspecified atom stereocenters. The number of unbranched alkanes of at least 4 members (excludes halogenated alkanes) is 2. The molecule has 1 saturated heterocycles. The number of nitrogens with zero attached hydrogens (tertiary/aromatic N) is 1. The molecule has 1 amide bonds. The molecule has 4 heteroatoms.